The Labute approximate surface area is 104 Å². The predicted molar refractivity (Wildman–Crippen MR) is 64.3 cm³/mol. The number of nitrogens with one attached hydrogen (secondary N) is 2. The summed E-state index contributed by atoms with van der Waals surface area (Å²) < 4.78 is 1.46. The molecule has 1 aliphatic heterocycles. The van der Waals surface area contributed by atoms with E-state index in [2.05, 4.69) is 15.7 Å². The summed E-state index contributed by atoms with van der Waals surface area (Å²) in [7, 11) is 1.66. The first-order valence-corrected chi connectivity index (χ1v) is 5.70. The van der Waals surface area contributed by atoms with E-state index in [1.165, 1.54) is 4.68 Å². The van der Waals surface area contributed by atoms with E-state index in [9.17, 15) is 14.9 Å². The molecule has 0 bridgehead atoms. The van der Waals surface area contributed by atoms with Gasteiger partial charge >= 0.3 is 5.69 Å². The Morgan fingerprint density at radius 3 is 2.89 bits per heavy atom. The first-order valence-electron chi connectivity index (χ1n) is 5.70. The second-order valence-electron chi connectivity index (χ2n) is 4.35. The molecular weight excluding hydrogens is 238 g/mol. The van der Waals surface area contributed by atoms with Crippen LogP contribution in [0.3, 0.4) is 0 Å². The van der Waals surface area contributed by atoms with Crippen molar-refractivity contribution in [2.45, 2.75) is 25.8 Å². The second kappa shape index (κ2) is 4.63. The first-order chi connectivity index (χ1) is 8.49. The van der Waals surface area contributed by atoms with E-state index in [1.54, 1.807) is 14.0 Å². The van der Waals surface area contributed by atoms with Gasteiger partial charge in [0, 0.05) is 26.1 Å². The summed E-state index contributed by atoms with van der Waals surface area (Å²) in [6.45, 7) is 2.08. The van der Waals surface area contributed by atoms with Gasteiger partial charge in [-0.2, -0.15) is 5.10 Å². The largest absolute Gasteiger partial charge is 0.360 e. The molecule has 2 N–H and O–H groups in total. The third-order valence-corrected chi connectivity index (χ3v) is 2.98. The van der Waals surface area contributed by atoms with E-state index < -0.39 is 4.92 Å². The van der Waals surface area contributed by atoms with Crippen molar-refractivity contribution < 1.29 is 9.72 Å². The molecule has 18 heavy (non-hydrogen) atoms. The van der Waals surface area contributed by atoms with E-state index >= 15 is 0 Å². The predicted octanol–water partition coefficient (Wildman–Crippen LogP) is 0.327. The fraction of sp³-hybridized carbons (Fsp3) is 0.600. The van der Waals surface area contributed by atoms with Crippen LogP contribution in [0, 0.1) is 17.0 Å². The summed E-state index contributed by atoms with van der Waals surface area (Å²) >= 11 is 0. The van der Waals surface area contributed by atoms with Gasteiger partial charge in [-0.15, -0.1) is 0 Å². The Morgan fingerprint density at radius 2 is 2.33 bits per heavy atom. The molecule has 1 aliphatic rings. The molecule has 1 aromatic heterocycles. The summed E-state index contributed by atoms with van der Waals surface area (Å²) in [4.78, 5) is 21.6. The number of carbonyl (C=O) groups excluding carboxylic acids is 1. The number of hydrogen-bond donors (Lipinski definition) is 2. The lowest BCUT2D eigenvalue weighted by atomic mass is 10.1. The molecule has 98 valence electrons. The molecule has 1 aromatic rings. The van der Waals surface area contributed by atoms with E-state index in [-0.39, 0.29) is 17.6 Å². The van der Waals surface area contributed by atoms with Gasteiger partial charge in [0.15, 0.2) is 0 Å². The van der Waals surface area contributed by atoms with Crippen LogP contribution in [0.2, 0.25) is 0 Å². The highest BCUT2D eigenvalue weighted by molar-refractivity contribution is 5.77. The number of amides is 1. The third-order valence-electron chi connectivity index (χ3n) is 2.98. The molecule has 2 rings (SSSR count). The molecule has 0 radical (unpaired) electrons. The number of rotatable bonds is 3. The molecule has 0 aromatic carbocycles. The highest BCUT2D eigenvalue weighted by atomic mass is 16.6. The number of nitro groups is 1. The highest BCUT2D eigenvalue weighted by Crippen LogP contribution is 2.28. The van der Waals surface area contributed by atoms with Crippen molar-refractivity contribution in [3.05, 3.63) is 15.8 Å². The van der Waals surface area contributed by atoms with Gasteiger partial charge in [0.2, 0.25) is 11.7 Å². The van der Waals surface area contributed by atoms with Crippen LogP contribution in [0.4, 0.5) is 11.5 Å². The first kappa shape index (κ1) is 12.3. The average molecular weight is 253 g/mol. The van der Waals surface area contributed by atoms with Crippen LogP contribution in [0.15, 0.2) is 0 Å². The van der Waals surface area contributed by atoms with Crippen molar-refractivity contribution in [2.24, 2.45) is 7.05 Å². The van der Waals surface area contributed by atoms with Crippen LogP contribution < -0.4 is 10.6 Å². The van der Waals surface area contributed by atoms with Crippen molar-refractivity contribution in [1.82, 2.24) is 15.1 Å². The van der Waals surface area contributed by atoms with Crippen LogP contribution >= 0.6 is 0 Å². The quantitative estimate of drug-likeness (QED) is 0.597. The van der Waals surface area contributed by atoms with Crippen molar-refractivity contribution in [3.63, 3.8) is 0 Å². The van der Waals surface area contributed by atoms with Crippen molar-refractivity contribution in [2.75, 3.05) is 11.9 Å². The van der Waals surface area contributed by atoms with E-state index in [4.69, 9.17) is 0 Å². The second-order valence-corrected chi connectivity index (χ2v) is 4.35. The van der Waals surface area contributed by atoms with Gasteiger partial charge in [0.05, 0.1) is 4.92 Å². The highest BCUT2D eigenvalue weighted by Gasteiger charge is 2.27. The standard InChI is InChI=1S/C10H15N5O3/c1-6-9(15(17)18)10(14(2)13-6)12-7-3-4-8(16)11-5-7/h7,12H,3-5H2,1-2H3,(H,11,16). The number of piperidine rings is 1. The van der Waals surface area contributed by atoms with E-state index in [0.29, 0.717) is 30.9 Å². The zero-order chi connectivity index (χ0) is 13.3. The lowest BCUT2D eigenvalue weighted by Crippen LogP contribution is -2.42. The monoisotopic (exact) mass is 253 g/mol. The van der Waals surface area contributed by atoms with Gasteiger partial charge in [-0.1, -0.05) is 0 Å². The maximum atomic E-state index is 11.0. The number of aryl methyl sites for hydroxylation is 2. The van der Waals surface area contributed by atoms with Crippen LogP contribution in [0.25, 0.3) is 0 Å². The topological polar surface area (TPSA) is 102 Å². The maximum Gasteiger partial charge on any atom is 0.333 e. The summed E-state index contributed by atoms with van der Waals surface area (Å²) in [6.07, 6.45) is 1.09. The Bertz CT molecular complexity index is 486. The molecule has 1 fully saturated rings. The minimum Gasteiger partial charge on any atom is -0.360 e. The SMILES string of the molecule is Cc1nn(C)c(NC2CCC(=O)NC2)c1[N+](=O)[O-]. The van der Waals surface area contributed by atoms with Gasteiger partial charge in [0.1, 0.15) is 5.69 Å². The molecule has 0 saturated carbocycles. The molecule has 1 unspecified atom stereocenters. The van der Waals surface area contributed by atoms with Crippen LogP contribution in [-0.4, -0.2) is 33.2 Å². The molecule has 1 amide bonds. The van der Waals surface area contributed by atoms with E-state index in [1.807, 2.05) is 0 Å². The van der Waals surface area contributed by atoms with Gasteiger partial charge in [0.25, 0.3) is 0 Å². The molecule has 0 spiro atoms. The molecule has 8 heteroatoms. The number of hydrogen-bond acceptors (Lipinski definition) is 5. The molecule has 2 heterocycles. The van der Waals surface area contributed by atoms with Crippen LogP contribution in [-0.2, 0) is 11.8 Å². The minimum atomic E-state index is -0.438. The summed E-state index contributed by atoms with van der Waals surface area (Å²) in [6, 6.07) is -0.00352. The number of anilines is 1. The van der Waals surface area contributed by atoms with Crippen molar-refractivity contribution in [3.8, 4) is 0 Å². The molecule has 0 aliphatic carbocycles. The normalized spacial score (nSPS) is 19.4. The lowest BCUT2D eigenvalue weighted by Gasteiger charge is -2.23. The molecule has 1 saturated heterocycles. The average Bonchev–Trinajstić information content (AvgIpc) is 2.57. The zero-order valence-corrected chi connectivity index (χ0v) is 10.3. The van der Waals surface area contributed by atoms with E-state index in [0.717, 1.165) is 0 Å². The summed E-state index contributed by atoms with van der Waals surface area (Å²) in [5.41, 5.74) is 0.374. The molecule has 8 nitrogen and oxygen atoms in total. The third kappa shape index (κ3) is 2.27. The number of aromatic nitrogens is 2. The van der Waals surface area contributed by atoms with Gasteiger partial charge < -0.3 is 10.6 Å². The smallest absolute Gasteiger partial charge is 0.333 e. The zero-order valence-electron chi connectivity index (χ0n) is 10.3. The molecule has 1 atom stereocenters. The fourth-order valence-corrected chi connectivity index (χ4v) is 2.08. The number of nitrogens with zero attached hydrogens (tertiary/aromatic N) is 3. The van der Waals surface area contributed by atoms with Gasteiger partial charge in [-0.05, 0) is 13.3 Å². The molecular formula is C10H15N5O3. The maximum absolute atomic E-state index is 11.0. The van der Waals surface area contributed by atoms with Crippen molar-refractivity contribution >= 4 is 17.4 Å². The van der Waals surface area contributed by atoms with Crippen LogP contribution in [0.5, 0.6) is 0 Å². The Kier molecular flexibility index (Phi) is 3.17. The fourth-order valence-electron chi connectivity index (χ4n) is 2.08. The summed E-state index contributed by atoms with van der Waals surface area (Å²) in [5, 5.41) is 20.8. The van der Waals surface area contributed by atoms with Gasteiger partial charge in [-0.25, -0.2) is 4.68 Å². The Morgan fingerprint density at radius 1 is 1.61 bits per heavy atom. The van der Waals surface area contributed by atoms with Gasteiger partial charge in [-0.3, -0.25) is 14.9 Å². The lowest BCUT2D eigenvalue weighted by molar-refractivity contribution is -0.384. The van der Waals surface area contributed by atoms with Crippen molar-refractivity contribution in [1.29, 1.82) is 0 Å². The Balaban J connectivity index is 2.18. The van der Waals surface area contributed by atoms with Crippen LogP contribution in [0.1, 0.15) is 18.5 Å². The summed E-state index contributed by atoms with van der Waals surface area (Å²) in [5.74, 6) is 0.405. The number of carbonyl (C=O) groups is 1. The Hall–Kier alpha value is -2.12. The minimum absolute atomic E-state index is 0.00352.